The lowest BCUT2D eigenvalue weighted by atomic mass is 9.76. The van der Waals surface area contributed by atoms with Crippen LogP contribution < -0.4 is 0 Å². The summed E-state index contributed by atoms with van der Waals surface area (Å²) in [7, 11) is 0. The maximum atomic E-state index is 5.73. The lowest BCUT2D eigenvalue weighted by Gasteiger charge is -2.31. The molecule has 84 valence electrons. The monoisotopic (exact) mass is 243 g/mol. The van der Waals surface area contributed by atoms with Crippen LogP contribution in [0.2, 0.25) is 0 Å². The maximum Gasteiger partial charge on any atom is 0.0987 e. The molecule has 1 saturated carbocycles. The number of aryl methyl sites for hydroxylation is 1. The van der Waals surface area contributed by atoms with Gasteiger partial charge in [0.1, 0.15) is 0 Å². The van der Waals surface area contributed by atoms with Crippen LogP contribution in [0.3, 0.4) is 0 Å². The van der Waals surface area contributed by atoms with Crippen LogP contribution in [0, 0.1) is 0 Å². The summed E-state index contributed by atoms with van der Waals surface area (Å²) in [5.74, 6) is 0.680. The van der Waals surface area contributed by atoms with E-state index in [4.69, 9.17) is 16.6 Å². The first kappa shape index (κ1) is 11.4. The van der Waals surface area contributed by atoms with Crippen LogP contribution >= 0.6 is 22.9 Å². The van der Waals surface area contributed by atoms with E-state index in [1.807, 2.05) is 11.3 Å². The summed E-state index contributed by atoms with van der Waals surface area (Å²) in [5.41, 5.74) is 1.53. The Morgan fingerprint density at radius 2 is 2.13 bits per heavy atom. The van der Waals surface area contributed by atoms with Gasteiger partial charge in [-0.3, -0.25) is 0 Å². The molecule has 0 bridgehead atoms. The highest BCUT2D eigenvalue weighted by Gasteiger charge is 2.31. The molecule has 3 heteroatoms. The number of thiazole rings is 1. The molecule has 1 fully saturated rings. The third-order valence-electron chi connectivity index (χ3n) is 3.38. The Bertz CT molecular complexity index is 315. The summed E-state index contributed by atoms with van der Waals surface area (Å²) in [6, 6.07) is 0. The Morgan fingerprint density at radius 1 is 1.40 bits per heavy atom. The van der Waals surface area contributed by atoms with Gasteiger partial charge in [-0.2, -0.15) is 0 Å². The van der Waals surface area contributed by atoms with Crippen molar-refractivity contribution in [3.8, 4) is 0 Å². The van der Waals surface area contributed by atoms with Crippen molar-refractivity contribution in [1.29, 1.82) is 0 Å². The molecule has 15 heavy (non-hydrogen) atoms. The molecule has 1 aromatic rings. The topological polar surface area (TPSA) is 12.9 Å². The van der Waals surface area contributed by atoms with E-state index in [-0.39, 0.29) is 0 Å². The van der Waals surface area contributed by atoms with Gasteiger partial charge >= 0.3 is 0 Å². The molecule has 0 aliphatic heterocycles. The van der Waals surface area contributed by atoms with Crippen molar-refractivity contribution in [3.63, 3.8) is 0 Å². The van der Waals surface area contributed by atoms with E-state index in [0.717, 1.165) is 6.42 Å². The highest BCUT2D eigenvalue weighted by molar-refractivity contribution is 7.09. The molecule has 1 aliphatic rings. The molecule has 0 N–H and O–H groups in total. The van der Waals surface area contributed by atoms with Gasteiger partial charge in [-0.1, -0.05) is 26.2 Å². The Morgan fingerprint density at radius 3 is 2.80 bits per heavy atom. The van der Waals surface area contributed by atoms with Gasteiger partial charge in [0.05, 0.1) is 10.7 Å². The molecule has 0 spiro atoms. The zero-order valence-corrected chi connectivity index (χ0v) is 10.8. The first-order chi connectivity index (χ1) is 7.24. The zero-order chi connectivity index (χ0) is 10.7. The number of hydrogen-bond donors (Lipinski definition) is 0. The fourth-order valence-electron chi connectivity index (χ4n) is 2.34. The van der Waals surface area contributed by atoms with Crippen molar-refractivity contribution in [2.45, 2.75) is 50.9 Å². The maximum absolute atomic E-state index is 5.73. The number of nitrogens with zero attached hydrogens (tertiary/aromatic N) is 1. The Labute approximate surface area is 101 Å². The van der Waals surface area contributed by atoms with Gasteiger partial charge in [0.25, 0.3) is 0 Å². The second kappa shape index (κ2) is 4.84. The minimum absolute atomic E-state index is 0.355. The van der Waals surface area contributed by atoms with Gasteiger partial charge < -0.3 is 0 Å². The number of alkyl halides is 1. The average Bonchev–Trinajstić information content (AvgIpc) is 2.69. The van der Waals surface area contributed by atoms with Crippen LogP contribution in [0.15, 0.2) is 5.38 Å². The van der Waals surface area contributed by atoms with Crippen LogP contribution in [-0.2, 0) is 11.8 Å². The molecule has 0 radical (unpaired) electrons. The quantitative estimate of drug-likeness (QED) is 0.727. The summed E-state index contributed by atoms with van der Waals surface area (Å²) >= 11 is 7.56. The van der Waals surface area contributed by atoms with Crippen molar-refractivity contribution in [2.24, 2.45) is 0 Å². The Kier molecular flexibility index (Phi) is 3.68. The van der Waals surface area contributed by atoms with E-state index in [2.05, 4.69) is 12.3 Å². The van der Waals surface area contributed by atoms with Crippen molar-refractivity contribution in [3.05, 3.63) is 16.1 Å². The fraction of sp³-hybridized carbons (Fsp3) is 0.750. The van der Waals surface area contributed by atoms with Gasteiger partial charge in [0, 0.05) is 23.1 Å². The smallest absolute Gasteiger partial charge is 0.0987 e. The predicted octanol–water partition coefficient (Wildman–Crippen LogP) is 4.15. The zero-order valence-electron chi connectivity index (χ0n) is 9.26. The summed E-state index contributed by atoms with van der Waals surface area (Å²) in [5, 5.41) is 3.51. The van der Waals surface area contributed by atoms with Gasteiger partial charge in [0.15, 0.2) is 0 Å². The van der Waals surface area contributed by atoms with E-state index in [1.165, 1.54) is 42.8 Å². The highest BCUT2D eigenvalue weighted by Crippen LogP contribution is 2.40. The van der Waals surface area contributed by atoms with Crippen molar-refractivity contribution in [2.75, 3.05) is 5.88 Å². The largest absolute Gasteiger partial charge is 0.246 e. The lowest BCUT2D eigenvalue weighted by Crippen LogP contribution is -2.24. The molecule has 1 aromatic heterocycles. The van der Waals surface area contributed by atoms with E-state index in [0.29, 0.717) is 11.3 Å². The summed E-state index contributed by atoms with van der Waals surface area (Å²) in [6.45, 7) is 2.37. The molecular weight excluding hydrogens is 226 g/mol. The molecule has 1 heterocycles. The molecule has 0 unspecified atom stereocenters. The second-order valence-corrected chi connectivity index (χ2v) is 5.94. The van der Waals surface area contributed by atoms with Crippen LogP contribution in [0.1, 0.15) is 49.7 Å². The minimum atomic E-state index is 0.355. The van der Waals surface area contributed by atoms with Crippen molar-refractivity contribution >= 4 is 22.9 Å². The number of rotatable bonds is 3. The summed E-state index contributed by atoms with van der Waals surface area (Å²) in [6.07, 6.45) is 7.65. The molecule has 0 amide bonds. The Balaban J connectivity index is 2.12. The van der Waals surface area contributed by atoms with Gasteiger partial charge in [0.2, 0.25) is 0 Å². The molecule has 1 aliphatic carbocycles. The summed E-state index contributed by atoms with van der Waals surface area (Å²) < 4.78 is 0. The van der Waals surface area contributed by atoms with E-state index >= 15 is 0 Å². The highest BCUT2D eigenvalue weighted by atomic mass is 35.5. The van der Waals surface area contributed by atoms with Gasteiger partial charge in [-0.15, -0.1) is 22.9 Å². The molecule has 0 saturated heterocycles. The summed E-state index contributed by atoms with van der Waals surface area (Å²) in [4.78, 5) is 4.73. The molecular formula is C12H18ClNS. The third kappa shape index (κ3) is 2.54. The normalized spacial score (nSPS) is 20.4. The van der Waals surface area contributed by atoms with Crippen LogP contribution in [0.4, 0.5) is 0 Å². The molecule has 2 rings (SSSR count). The van der Waals surface area contributed by atoms with Gasteiger partial charge in [-0.25, -0.2) is 4.98 Å². The van der Waals surface area contributed by atoms with Crippen LogP contribution in [0.5, 0.6) is 0 Å². The number of aromatic nitrogens is 1. The molecule has 1 nitrogen and oxygen atoms in total. The van der Waals surface area contributed by atoms with Crippen LogP contribution in [0.25, 0.3) is 0 Å². The predicted molar refractivity (Wildman–Crippen MR) is 67.0 cm³/mol. The lowest BCUT2D eigenvalue weighted by molar-refractivity contribution is 0.318. The fourth-order valence-corrected chi connectivity index (χ4v) is 3.61. The van der Waals surface area contributed by atoms with Crippen LogP contribution in [-0.4, -0.2) is 10.9 Å². The first-order valence-electron chi connectivity index (χ1n) is 5.75. The molecule has 0 aromatic carbocycles. The Hall–Kier alpha value is -0.0800. The average molecular weight is 244 g/mol. The number of halogens is 1. The first-order valence-corrected chi connectivity index (χ1v) is 7.17. The van der Waals surface area contributed by atoms with Crippen molar-refractivity contribution < 1.29 is 0 Å². The minimum Gasteiger partial charge on any atom is -0.246 e. The molecule has 0 atom stereocenters. The van der Waals surface area contributed by atoms with E-state index in [1.54, 1.807) is 0 Å². The van der Waals surface area contributed by atoms with Gasteiger partial charge in [-0.05, 0) is 12.8 Å². The van der Waals surface area contributed by atoms with E-state index < -0.39 is 0 Å². The van der Waals surface area contributed by atoms with E-state index in [9.17, 15) is 0 Å². The van der Waals surface area contributed by atoms with Crippen molar-refractivity contribution in [1.82, 2.24) is 4.98 Å². The number of hydrogen-bond acceptors (Lipinski definition) is 2. The second-order valence-electron chi connectivity index (χ2n) is 4.70. The standard InChI is InChI=1S/C12H18ClNS/c1-12(6-3-2-4-7-12)11-14-10(5-8-13)9-15-11/h9H,2-8H2,1H3. The SMILES string of the molecule is CC1(c2nc(CCCl)cs2)CCCCC1. The third-order valence-corrected chi connectivity index (χ3v) is 4.76.